The van der Waals surface area contributed by atoms with Crippen molar-refractivity contribution in [2.24, 2.45) is 10.9 Å². The molecule has 0 spiro atoms. The summed E-state index contributed by atoms with van der Waals surface area (Å²) in [6.45, 7) is 0.150. The normalized spacial score (nSPS) is 11.4. The first-order valence-electron chi connectivity index (χ1n) is 9.62. The molecule has 0 saturated heterocycles. The van der Waals surface area contributed by atoms with Crippen LogP contribution >= 0.6 is 11.6 Å². The fraction of sp³-hybridized carbons (Fsp3) is 0.0833. The smallest absolute Gasteiger partial charge is 0.400 e. The monoisotopic (exact) mass is 450 g/mol. The van der Waals surface area contributed by atoms with E-state index >= 15 is 0 Å². The van der Waals surface area contributed by atoms with Crippen LogP contribution in [0.1, 0.15) is 21.9 Å². The van der Waals surface area contributed by atoms with Gasteiger partial charge in [0, 0.05) is 5.02 Å². The lowest BCUT2D eigenvalue weighted by Gasteiger charge is -2.07. The van der Waals surface area contributed by atoms with Gasteiger partial charge in [-0.2, -0.15) is 0 Å². The molecule has 0 aliphatic rings. The van der Waals surface area contributed by atoms with E-state index < -0.39 is 5.97 Å². The number of nitrogens with two attached hydrogens (primary N) is 1. The summed E-state index contributed by atoms with van der Waals surface area (Å²) in [5.41, 5.74) is 6.31. The number of halogens is 1. The molecule has 2 N–H and O–H groups in total. The second-order valence-corrected chi connectivity index (χ2v) is 7.20. The second kappa shape index (κ2) is 9.45. The third-order valence-electron chi connectivity index (χ3n) is 4.63. The fourth-order valence-electron chi connectivity index (χ4n) is 3.04. The maximum Gasteiger partial charge on any atom is 0.400 e. The van der Waals surface area contributed by atoms with E-state index in [1.807, 2.05) is 42.5 Å². The van der Waals surface area contributed by atoms with E-state index in [-0.39, 0.29) is 18.2 Å². The van der Waals surface area contributed by atoms with E-state index in [1.165, 1.54) is 13.2 Å². The quantitative estimate of drug-likeness (QED) is 0.181. The Morgan fingerprint density at radius 3 is 2.66 bits per heavy atom. The fourth-order valence-corrected chi connectivity index (χ4v) is 3.21. The van der Waals surface area contributed by atoms with Crippen molar-refractivity contribution in [3.8, 4) is 11.5 Å². The van der Waals surface area contributed by atoms with Crippen LogP contribution in [-0.4, -0.2) is 18.9 Å². The molecule has 1 heterocycles. The van der Waals surface area contributed by atoms with E-state index in [0.717, 1.165) is 10.8 Å². The largest absolute Gasteiger partial charge is 0.496 e. The van der Waals surface area contributed by atoms with Crippen molar-refractivity contribution in [2.75, 3.05) is 7.11 Å². The molecule has 4 rings (SSSR count). The van der Waals surface area contributed by atoms with Crippen molar-refractivity contribution in [3.63, 3.8) is 0 Å². The Balaban J connectivity index is 1.39. The molecule has 0 radical (unpaired) electrons. The lowest BCUT2D eigenvalue weighted by molar-refractivity contribution is 0.0475. The predicted octanol–water partition coefficient (Wildman–Crippen LogP) is 5.15. The first kappa shape index (κ1) is 21.3. The van der Waals surface area contributed by atoms with Crippen molar-refractivity contribution in [2.45, 2.75) is 6.61 Å². The van der Waals surface area contributed by atoms with Gasteiger partial charge in [0.2, 0.25) is 5.76 Å². The van der Waals surface area contributed by atoms with Crippen molar-refractivity contribution in [3.05, 3.63) is 94.9 Å². The molecule has 162 valence electrons. The van der Waals surface area contributed by atoms with Gasteiger partial charge in [-0.25, -0.2) is 4.79 Å². The lowest BCUT2D eigenvalue weighted by atomic mass is 10.1. The lowest BCUT2D eigenvalue weighted by Crippen LogP contribution is -2.16. The molecule has 0 unspecified atom stereocenters. The zero-order valence-electron chi connectivity index (χ0n) is 17.1. The molecule has 0 aliphatic carbocycles. The molecule has 8 heteroatoms. The maximum atomic E-state index is 12.3. The molecule has 0 saturated carbocycles. The molecule has 0 atom stereocenters. The summed E-state index contributed by atoms with van der Waals surface area (Å²) >= 11 is 5.98. The highest BCUT2D eigenvalue weighted by Crippen LogP contribution is 2.23. The summed E-state index contributed by atoms with van der Waals surface area (Å²) < 4.78 is 16.5. The number of oxime groups is 1. The van der Waals surface area contributed by atoms with Gasteiger partial charge in [0.15, 0.2) is 5.84 Å². The Kier molecular flexibility index (Phi) is 6.28. The van der Waals surface area contributed by atoms with Gasteiger partial charge in [-0.1, -0.05) is 47.1 Å². The molecule has 32 heavy (non-hydrogen) atoms. The van der Waals surface area contributed by atoms with Gasteiger partial charge in [-0.3, -0.25) is 0 Å². The number of benzene rings is 3. The van der Waals surface area contributed by atoms with Gasteiger partial charge >= 0.3 is 5.97 Å². The van der Waals surface area contributed by atoms with Gasteiger partial charge in [-0.15, -0.1) is 0 Å². The standard InChI is InChI=1S/C24H19ClN2O5/c1-29-21-10-7-17(25)13-20(21)23(26)27-32-24(28)22-11-9-19(31-22)14-30-18-8-6-15-4-2-3-5-16(15)12-18/h2-13H,14H2,1H3,(H2,26,27). The molecular formula is C24H19ClN2O5. The highest BCUT2D eigenvalue weighted by atomic mass is 35.5. The number of rotatable bonds is 7. The Morgan fingerprint density at radius 2 is 1.84 bits per heavy atom. The predicted molar refractivity (Wildman–Crippen MR) is 121 cm³/mol. The van der Waals surface area contributed by atoms with Crippen LogP contribution in [0.15, 0.2) is 82.4 Å². The molecule has 1 aromatic heterocycles. The number of ether oxygens (including phenoxy) is 2. The molecule has 0 fully saturated rings. The van der Waals surface area contributed by atoms with Crippen LogP contribution in [0.3, 0.4) is 0 Å². The number of hydrogen-bond donors (Lipinski definition) is 1. The molecule has 7 nitrogen and oxygen atoms in total. The summed E-state index contributed by atoms with van der Waals surface area (Å²) in [7, 11) is 1.48. The SMILES string of the molecule is COc1ccc(Cl)cc1/C(N)=N/OC(=O)c1ccc(COc2ccc3ccccc3c2)o1. The van der Waals surface area contributed by atoms with Crippen molar-refractivity contribution in [1.82, 2.24) is 0 Å². The number of amidine groups is 1. The number of carbonyl (C=O) groups is 1. The summed E-state index contributed by atoms with van der Waals surface area (Å²) in [4.78, 5) is 17.2. The van der Waals surface area contributed by atoms with E-state index in [4.69, 9.17) is 36.1 Å². The Bertz CT molecular complexity index is 1300. The van der Waals surface area contributed by atoms with E-state index in [1.54, 1.807) is 24.3 Å². The molecular weight excluding hydrogens is 432 g/mol. The summed E-state index contributed by atoms with van der Waals surface area (Å²) in [6, 6.07) is 21.7. The Hall–Kier alpha value is -3.97. The average molecular weight is 451 g/mol. The van der Waals surface area contributed by atoms with E-state index in [2.05, 4.69) is 5.16 Å². The third kappa shape index (κ3) is 4.84. The number of furan rings is 1. The van der Waals surface area contributed by atoms with Crippen LogP contribution in [0.5, 0.6) is 11.5 Å². The number of methoxy groups -OCH3 is 1. The Morgan fingerprint density at radius 1 is 1.03 bits per heavy atom. The van der Waals surface area contributed by atoms with E-state index in [0.29, 0.717) is 27.8 Å². The Labute approximate surface area is 188 Å². The van der Waals surface area contributed by atoms with Crippen molar-refractivity contribution in [1.29, 1.82) is 0 Å². The molecule has 4 aromatic rings. The average Bonchev–Trinajstić information content (AvgIpc) is 3.30. The first-order valence-corrected chi connectivity index (χ1v) is 10.0. The van der Waals surface area contributed by atoms with Gasteiger partial charge < -0.3 is 24.5 Å². The zero-order chi connectivity index (χ0) is 22.5. The van der Waals surface area contributed by atoms with Crippen molar-refractivity contribution >= 4 is 34.2 Å². The third-order valence-corrected chi connectivity index (χ3v) is 4.86. The van der Waals surface area contributed by atoms with E-state index in [9.17, 15) is 4.79 Å². The number of hydrogen-bond acceptors (Lipinski definition) is 6. The summed E-state index contributed by atoms with van der Waals surface area (Å²) in [6.07, 6.45) is 0. The maximum absolute atomic E-state index is 12.3. The van der Waals surface area contributed by atoms with Crippen LogP contribution in [-0.2, 0) is 11.4 Å². The van der Waals surface area contributed by atoms with Crippen LogP contribution in [0.2, 0.25) is 5.02 Å². The molecule has 0 bridgehead atoms. The minimum absolute atomic E-state index is 0.0308. The first-order chi connectivity index (χ1) is 15.5. The highest BCUT2D eigenvalue weighted by Gasteiger charge is 2.15. The number of fused-ring (bicyclic) bond motifs is 1. The van der Waals surface area contributed by atoms with Crippen LogP contribution < -0.4 is 15.2 Å². The minimum atomic E-state index is -0.800. The molecule has 3 aromatic carbocycles. The highest BCUT2D eigenvalue weighted by molar-refractivity contribution is 6.31. The zero-order valence-corrected chi connectivity index (χ0v) is 17.8. The minimum Gasteiger partial charge on any atom is -0.496 e. The second-order valence-electron chi connectivity index (χ2n) is 6.76. The number of nitrogens with zero attached hydrogens (tertiary/aromatic N) is 1. The summed E-state index contributed by atoms with van der Waals surface area (Å²) in [5, 5.41) is 6.30. The van der Waals surface area contributed by atoms with Crippen LogP contribution in [0, 0.1) is 0 Å². The van der Waals surface area contributed by atoms with Crippen LogP contribution in [0.25, 0.3) is 10.8 Å². The topological polar surface area (TPSA) is 96.3 Å². The van der Waals surface area contributed by atoms with Gasteiger partial charge in [-0.05, 0) is 53.2 Å². The van der Waals surface area contributed by atoms with Crippen LogP contribution in [0.4, 0.5) is 0 Å². The van der Waals surface area contributed by atoms with Gasteiger partial charge in [0.05, 0.1) is 12.7 Å². The molecule has 0 amide bonds. The van der Waals surface area contributed by atoms with Gasteiger partial charge in [0.25, 0.3) is 0 Å². The number of carbonyl (C=O) groups excluding carboxylic acids is 1. The molecule has 0 aliphatic heterocycles. The summed E-state index contributed by atoms with van der Waals surface area (Å²) in [5.74, 6) is 0.695. The van der Waals surface area contributed by atoms with Gasteiger partial charge in [0.1, 0.15) is 23.9 Å². The van der Waals surface area contributed by atoms with Crippen molar-refractivity contribution < 1.29 is 23.5 Å².